The predicted molar refractivity (Wildman–Crippen MR) is 67.5 cm³/mol. The highest BCUT2D eigenvalue weighted by atomic mass is 32.2. The molecule has 1 aromatic carbocycles. The van der Waals surface area contributed by atoms with Gasteiger partial charge in [-0.1, -0.05) is 17.7 Å². The number of sulfone groups is 1. The quantitative estimate of drug-likeness (QED) is 0.895. The first-order valence-electron chi connectivity index (χ1n) is 5.93. The molecule has 2 atom stereocenters. The molecule has 0 spiro atoms. The first-order chi connectivity index (χ1) is 8.25. The third-order valence-corrected chi connectivity index (χ3v) is 5.32. The van der Waals surface area contributed by atoms with Gasteiger partial charge in [-0.2, -0.15) is 0 Å². The maximum absolute atomic E-state index is 13.9. The van der Waals surface area contributed by atoms with Crippen LogP contribution in [0.4, 0.5) is 4.39 Å². The molecular formula is C13H17FO3S. The Hall–Kier alpha value is -0.940. The van der Waals surface area contributed by atoms with Crippen LogP contribution in [0, 0.1) is 12.7 Å². The van der Waals surface area contributed by atoms with Gasteiger partial charge in [-0.3, -0.25) is 0 Å². The third kappa shape index (κ3) is 2.17. The van der Waals surface area contributed by atoms with E-state index in [4.69, 9.17) is 0 Å². The van der Waals surface area contributed by atoms with Crippen LogP contribution in [0.25, 0.3) is 0 Å². The maximum atomic E-state index is 13.9. The summed E-state index contributed by atoms with van der Waals surface area (Å²) in [5.74, 6) is -0.543. The highest BCUT2D eigenvalue weighted by molar-refractivity contribution is 7.91. The Labute approximate surface area is 107 Å². The summed E-state index contributed by atoms with van der Waals surface area (Å²) >= 11 is 0. The van der Waals surface area contributed by atoms with E-state index in [9.17, 15) is 17.9 Å². The number of rotatable bonds is 2. The number of halogens is 1. The van der Waals surface area contributed by atoms with Gasteiger partial charge in [0.25, 0.3) is 0 Å². The molecule has 1 saturated carbocycles. The largest absolute Gasteiger partial charge is 0.384 e. The minimum atomic E-state index is -3.40. The molecule has 0 saturated heterocycles. The molecule has 5 heteroatoms. The average Bonchev–Trinajstić information content (AvgIpc) is 2.65. The van der Waals surface area contributed by atoms with Crippen LogP contribution in [0.3, 0.4) is 0 Å². The third-order valence-electron chi connectivity index (χ3n) is 3.66. The van der Waals surface area contributed by atoms with Crippen LogP contribution in [0.5, 0.6) is 0 Å². The van der Waals surface area contributed by atoms with Crippen LogP contribution in [-0.4, -0.2) is 25.0 Å². The molecule has 0 radical (unpaired) electrons. The van der Waals surface area contributed by atoms with Gasteiger partial charge in [-0.15, -0.1) is 0 Å². The molecular weight excluding hydrogens is 255 g/mol. The molecule has 1 aromatic rings. The van der Waals surface area contributed by atoms with Gasteiger partial charge in [0.15, 0.2) is 9.84 Å². The summed E-state index contributed by atoms with van der Waals surface area (Å²) in [6, 6.07) is 4.42. The number of hydrogen-bond acceptors (Lipinski definition) is 3. The Morgan fingerprint density at radius 2 is 2.11 bits per heavy atom. The zero-order valence-corrected chi connectivity index (χ0v) is 11.3. The van der Waals surface area contributed by atoms with Crippen LogP contribution >= 0.6 is 0 Å². The van der Waals surface area contributed by atoms with E-state index in [1.807, 2.05) is 0 Å². The van der Waals surface area contributed by atoms with Crippen molar-refractivity contribution in [1.82, 2.24) is 0 Å². The Bertz CT molecular complexity index is 568. The SMILES string of the molecule is Cc1ccc(F)c(C2(O)CCCC2S(C)(=O)=O)c1. The molecule has 0 aliphatic heterocycles. The molecule has 3 nitrogen and oxygen atoms in total. The van der Waals surface area contributed by atoms with Crippen molar-refractivity contribution in [2.45, 2.75) is 37.0 Å². The summed E-state index contributed by atoms with van der Waals surface area (Å²) in [5.41, 5.74) is -0.682. The van der Waals surface area contributed by atoms with Crippen molar-refractivity contribution in [3.63, 3.8) is 0 Å². The molecule has 2 rings (SSSR count). The van der Waals surface area contributed by atoms with Crippen molar-refractivity contribution in [3.05, 3.63) is 35.1 Å². The van der Waals surface area contributed by atoms with Crippen molar-refractivity contribution in [2.75, 3.05) is 6.26 Å². The van der Waals surface area contributed by atoms with Gasteiger partial charge in [0, 0.05) is 11.8 Å². The van der Waals surface area contributed by atoms with Gasteiger partial charge in [0.1, 0.15) is 11.4 Å². The summed E-state index contributed by atoms with van der Waals surface area (Å²) in [6.07, 6.45) is 2.34. The first kappa shape index (κ1) is 13.5. The summed E-state index contributed by atoms with van der Waals surface area (Å²) in [6.45, 7) is 1.79. The summed E-state index contributed by atoms with van der Waals surface area (Å²) in [5, 5.41) is 9.73. The standard InChI is InChI=1S/C13H17FO3S/c1-9-5-6-11(14)10(8-9)13(15)7-3-4-12(13)18(2,16)17/h5-6,8,12,15H,3-4,7H2,1-2H3. The molecule has 0 heterocycles. The summed E-state index contributed by atoms with van der Waals surface area (Å²) in [7, 11) is -3.40. The lowest BCUT2D eigenvalue weighted by Crippen LogP contribution is -2.40. The average molecular weight is 272 g/mol. The fourth-order valence-electron chi connectivity index (χ4n) is 2.80. The molecule has 0 aromatic heterocycles. The lowest BCUT2D eigenvalue weighted by Gasteiger charge is -2.30. The fraction of sp³-hybridized carbons (Fsp3) is 0.538. The van der Waals surface area contributed by atoms with E-state index in [-0.39, 0.29) is 12.0 Å². The van der Waals surface area contributed by atoms with E-state index in [0.29, 0.717) is 12.8 Å². The Morgan fingerprint density at radius 3 is 2.72 bits per heavy atom. The van der Waals surface area contributed by atoms with E-state index >= 15 is 0 Å². The normalized spacial score (nSPS) is 28.6. The fourth-order valence-corrected chi connectivity index (χ4v) is 4.35. The second-order valence-corrected chi connectivity index (χ2v) is 7.35. The van der Waals surface area contributed by atoms with Crippen LogP contribution in [0.2, 0.25) is 0 Å². The molecule has 1 aliphatic carbocycles. The monoisotopic (exact) mass is 272 g/mol. The zero-order chi connectivity index (χ0) is 13.6. The number of hydrogen-bond donors (Lipinski definition) is 1. The van der Waals surface area contributed by atoms with Gasteiger partial charge in [0.2, 0.25) is 0 Å². The second kappa shape index (κ2) is 4.31. The number of benzene rings is 1. The number of aryl methyl sites for hydroxylation is 1. The maximum Gasteiger partial charge on any atom is 0.153 e. The molecule has 0 amide bonds. The van der Waals surface area contributed by atoms with Crippen molar-refractivity contribution >= 4 is 9.84 Å². The van der Waals surface area contributed by atoms with Crippen LogP contribution < -0.4 is 0 Å². The second-order valence-electron chi connectivity index (χ2n) is 5.12. The van der Waals surface area contributed by atoms with E-state index < -0.39 is 26.5 Å². The Morgan fingerprint density at radius 1 is 1.44 bits per heavy atom. The van der Waals surface area contributed by atoms with E-state index in [2.05, 4.69) is 0 Å². The van der Waals surface area contributed by atoms with Gasteiger partial charge < -0.3 is 5.11 Å². The first-order valence-corrected chi connectivity index (χ1v) is 7.88. The summed E-state index contributed by atoms with van der Waals surface area (Å²) < 4.78 is 37.3. The minimum absolute atomic E-state index is 0.107. The van der Waals surface area contributed by atoms with Crippen molar-refractivity contribution in [2.24, 2.45) is 0 Å². The van der Waals surface area contributed by atoms with Gasteiger partial charge in [0.05, 0.1) is 5.25 Å². The van der Waals surface area contributed by atoms with Gasteiger partial charge >= 0.3 is 0 Å². The molecule has 2 unspecified atom stereocenters. The van der Waals surface area contributed by atoms with Crippen molar-refractivity contribution in [1.29, 1.82) is 0 Å². The highest BCUT2D eigenvalue weighted by Gasteiger charge is 2.49. The summed E-state index contributed by atoms with van der Waals surface area (Å²) in [4.78, 5) is 0. The van der Waals surface area contributed by atoms with Gasteiger partial charge in [-0.05, 0) is 32.3 Å². The van der Waals surface area contributed by atoms with Crippen molar-refractivity contribution in [3.8, 4) is 0 Å². The van der Waals surface area contributed by atoms with Gasteiger partial charge in [-0.25, -0.2) is 12.8 Å². The van der Waals surface area contributed by atoms with E-state index in [0.717, 1.165) is 11.8 Å². The van der Waals surface area contributed by atoms with Crippen LogP contribution in [0.1, 0.15) is 30.4 Å². The highest BCUT2D eigenvalue weighted by Crippen LogP contribution is 2.43. The molecule has 18 heavy (non-hydrogen) atoms. The Kier molecular flexibility index (Phi) is 3.23. The minimum Gasteiger partial charge on any atom is -0.384 e. The van der Waals surface area contributed by atoms with E-state index in [1.165, 1.54) is 6.07 Å². The number of aliphatic hydroxyl groups is 1. The molecule has 1 aliphatic rings. The lowest BCUT2D eigenvalue weighted by molar-refractivity contribution is 0.0439. The van der Waals surface area contributed by atoms with Crippen LogP contribution in [0.15, 0.2) is 18.2 Å². The molecule has 100 valence electrons. The molecule has 1 N–H and O–H groups in total. The topological polar surface area (TPSA) is 54.4 Å². The van der Waals surface area contributed by atoms with E-state index in [1.54, 1.807) is 19.1 Å². The molecule has 0 bridgehead atoms. The van der Waals surface area contributed by atoms with Crippen molar-refractivity contribution < 1.29 is 17.9 Å². The Balaban J connectivity index is 2.57. The predicted octanol–water partition coefficient (Wildman–Crippen LogP) is 1.92. The smallest absolute Gasteiger partial charge is 0.153 e. The zero-order valence-electron chi connectivity index (χ0n) is 10.5. The molecule has 1 fully saturated rings. The van der Waals surface area contributed by atoms with Crippen LogP contribution in [-0.2, 0) is 15.4 Å². The lowest BCUT2D eigenvalue weighted by atomic mass is 9.90.